The molecule has 15 nitrogen and oxygen atoms in total. The van der Waals surface area contributed by atoms with Gasteiger partial charge in [0.25, 0.3) is 11.8 Å². The minimum Gasteiger partial charge on any atom is -0.382 e. The highest BCUT2D eigenvalue weighted by atomic mass is 16.6. The van der Waals surface area contributed by atoms with Crippen LogP contribution in [0.25, 0.3) is 11.1 Å². The fraction of sp³-hybridized carbons (Fsp3) is 0.426. The number of benzene rings is 3. The van der Waals surface area contributed by atoms with Crippen molar-refractivity contribution in [1.29, 1.82) is 0 Å². The monoisotopic (exact) mass is 945 g/mol. The molecule has 6 rings (SSSR count). The Balaban J connectivity index is 0.00000438. The lowest BCUT2D eigenvalue weighted by molar-refractivity contribution is -0.125. The summed E-state index contributed by atoms with van der Waals surface area (Å²) in [4.78, 5) is 71.6. The van der Waals surface area contributed by atoms with Crippen molar-refractivity contribution >= 4 is 41.2 Å². The van der Waals surface area contributed by atoms with Crippen LogP contribution in [0.3, 0.4) is 0 Å². The highest BCUT2D eigenvalue weighted by Crippen LogP contribution is 2.33. The van der Waals surface area contributed by atoms with Crippen LogP contribution in [0.5, 0.6) is 0 Å². The molecule has 0 saturated carbocycles. The highest BCUT2D eigenvalue weighted by Gasteiger charge is 2.45. The molecule has 0 aromatic heterocycles. The van der Waals surface area contributed by atoms with Crippen LogP contribution in [0, 0.1) is 12.8 Å². The Morgan fingerprint density at radius 1 is 0.870 bits per heavy atom. The van der Waals surface area contributed by atoms with Crippen LogP contribution < -0.4 is 15.5 Å². The SMILES string of the molecule is C#C.C=C1CCC(N2C(=O)c3cccc(NCCOCCOCCOCCOCCN4CCN(c5ccc(-c6ccc(CN(C)C(C(C)=O)C(/C=C\C)=C/C)c(C=O)c6)cc5)CC4)c3C2=O)C(=O)N1. The number of carbonyl (C=O) groups excluding carboxylic acids is 5. The Labute approximate surface area is 407 Å². The van der Waals surface area contributed by atoms with E-state index in [-0.39, 0.29) is 23.0 Å². The number of nitrogens with zero attached hydrogens (tertiary/aromatic N) is 4. The maximum atomic E-state index is 13.3. The molecule has 0 aliphatic carbocycles. The van der Waals surface area contributed by atoms with Gasteiger partial charge in [0.05, 0.1) is 70.0 Å². The van der Waals surface area contributed by atoms with Gasteiger partial charge in [-0.1, -0.05) is 55.1 Å². The second-order valence-electron chi connectivity index (χ2n) is 16.9. The van der Waals surface area contributed by atoms with Crippen molar-refractivity contribution in [3.05, 3.63) is 119 Å². The van der Waals surface area contributed by atoms with Gasteiger partial charge in [-0.05, 0) is 93.3 Å². The second kappa shape index (κ2) is 27.7. The number of nitrogens with one attached hydrogen (secondary N) is 2. The minimum atomic E-state index is -0.855. The molecule has 3 heterocycles. The smallest absolute Gasteiger partial charge is 0.264 e. The first-order valence-electron chi connectivity index (χ1n) is 23.6. The van der Waals surface area contributed by atoms with E-state index < -0.39 is 23.8 Å². The van der Waals surface area contributed by atoms with Gasteiger partial charge in [0.2, 0.25) is 5.91 Å². The van der Waals surface area contributed by atoms with E-state index in [1.807, 2.05) is 62.2 Å². The van der Waals surface area contributed by atoms with Crippen molar-refractivity contribution in [1.82, 2.24) is 20.0 Å². The van der Waals surface area contributed by atoms with E-state index in [2.05, 4.69) is 64.1 Å². The molecule has 3 aliphatic heterocycles. The molecular weight excluding hydrogens is 877 g/mol. The van der Waals surface area contributed by atoms with Crippen molar-refractivity contribution in [3.63, 3.8) is 0 Å². The Hall–Kier alpha value is -6.25. The van der Waals surface area contributed by atoms with Crippen LogP contribution in [-0.2, 0) is 35.1 Å². The van der Waals surface area contributed by atoms with E-state index in [1.165, 1.54) is 5.69 Å². The average Bonchev–Trinajstić information content (AvgIpc) is 3.61. The van der Waals surface area contributed by atoms with Crippen LogP contribution >= 0.6 is 0 Å². The lowest BCUT2D eigenvalue weighted by atomic mass is 9.97. The summed E-state index contributed by atoms with van der Waals surface area (Å²) in [6.07, 6.45) is 15.6. The number of rotatable bonds is 26. The number of allylic oxidation sites excluding steroid dienone is 3. The van der Waals surface area contributed by atoms with E-state index in [1.54, 1.807) is 25.1 Å². The number of ether oxygens (including phenoxy) is 4. The summed E-state index contributed by atoms with van der Waals surface area (Å²) in [6, 6.07) is 18.3. The zero-order chi connectivity index (χ0) is 49.7. The van der Waals surface area contributed by atoms with Crippen LogP contribution in [0.2, 0.25) is 0 Å². The molecular formula is C54H68N6O9. The van der Waals surface area contributed by atoms with Gasteiger partial charge in [0.1, 0.15) is 12.3 Å². The molecule has 3 amide bonds. The largest absolute Gasteiger partial charge is 0.382 e. The Morgan fingerprint density at radius 3 is 2.12 bits per heavy atom. The fourth-order valence-corrected chi connectivity index (χ4v) is 8.78. The molecule has 2 fully saturated rings. The van der Waals surface area contributed by atoms with Crippen molar-refractivity contribution in [2.45, 2.75) is 52.2 Å². The molecule has 3 aromatic carbocycles. The van der Waals surface area contributed by atoms with Crippen LogP contribution in [0.1, 0.15) is 70.3 Å². The third-order valence-electron chi connectivity index (χ3n) is 12.3. The third kappa shape index (κ3) is 14.6. The van der Waals surface area contributed by atoms with Gasteiger partial charge < -0.3 is 34.5 Å². The maximum absolute atomic E-state index is 13.3. The molecule has 2 N–H and O–H groups in total. The number of carbonyl (C=O) groups is 5. The highest BCUT2D eigenvalue weighted by molar-refractivity contribution is 6.25. The lowest BCUT2D eigenvalue weighted by Gasteiger charge is -2.36. The molecule has 15 heteroatoms. The summed E-state index contributed by atoms with van der Waals surface area (Å²) < 4.78 is 22.8. The summed E-state index contributed by atoms with van der Waals surface area (Å²) in [7, 11) is 1.92. The first-order valence-corrected chi connectivity index (χ1v) is 23.6. The second-order valence-corrected chi connectivity index (χ2v) is 16.9. The number of likely N-dealkylation sites (N-methyl/N-ethyl adjacent to an activating group) is 1. The number of anilines is 2. The molecule has 3 aliphatic rings. The fourth-order valence-electron chi connectivity index (χ4n) is 8.78. The molecule has 2 atom stereocenters. The minimum absolute atomic E-state index is 0.0571. The Kier molecular flexibility index (Phi) is 21.5. The van der Waals surface area contributed by atoms with Crippen molar-refractivity contribution in [2.24, 2.45) is 0 Å². The van der Waals surface area contributed by atoms with Gasteiger partial charge in [0, 0.05) is 68.4 Å². The number of amides is 3. The number of aldehydes is 1. The number of terminal acetylenes is 1. The summed E-state index contributed by atoms with van der Waals surface area (Å²) >= 11 is 0. The quantitative estimate of drug-likeness (QED) is 0.0317. The van der Waals surface area contributed by atoms with Crippen molar-refractivity contribution in [2.75, 3.05) is 109 Å². The number of piperazine rings is 1. The number of piperidine rings is 1. The topological polar surface area (TPSA) is 159 Å². The molecule has 0 bridgehead atoms. The molecule has 3 aromatic rings. The molecule has 2 saturated heterocycles. The first-order chi connectivity index (χ1) is 33.5. The Morgan fingerprint density at radius 2 is 1.51 bits per heavy atom. The van der Waals surface area contributed by atoms with Crippen LogP contribution in [-0.4, -0.2) is 156 Å². The number of ketones is 1. The normalized spacial score (nSPS) is 16.9. The first kappa shape index (κ1) is 53.7. The number of hydrogen-bond donors (Lipinski definition) is 2. The molecule has 2 unspecified atom stereocenters. The summed E-state index contributed by atoms with van der Waals surface area (Å²) in [5.74, 6) is -1.28. The van der Waals surface area contributed by atoms with E-state index in [0.29, 0.717) is 95.7 Å². The van der Waals surface area contributed by atoms with E-state index >= 15 is 0 Å². The van der Waals surface area contributed by atoms with Crippen LogP contribution in [0.4, 0.5) is 11.4 Å². The molecule has 69 heavy (non-hydrogen) atoms. The number of fused-ring (bicyclic) bond motifs is 1. The zero-order valence-electron chi connectivity index (χ0n) is 40.6. The molecule has 0 spiro atoms. The Bertz CT molecular complexity index is 2320. The summed E-state index contributed by atoms with van der Waals surface area (Å²) in [5.41, 5.74) is 7.30. The van der Waals surface area contributed by atoms with E-state index in [4.69, 9.17) is 18.9 Å². The standard InChI is InChI=1S/C52H66N6O9.C2H2/c1-6-9-39(7-2)49(38(4)60)55(5)35-42-14-13-41(34-43(42)36-59)40-15-17-44(18-16-40)57-23-21-56(22-24-57)25-27-65-29-31-67-33-32-66-30-28-64-26-20-53-46-11-8-10-45-48(46)52(63)58(51(45)62)47-19-12-37(3)54-50(47)61;1-2/h6-11,13-18,34,36,47,49,53H,3,12,19-33,35H2,1-2,4-5H3,(H,54,61);1-2H/b9-6-,39-7+;. The molecule has 368 valence electrons. The average molecular weight is 945 g/mol. The van der Waals surface area contributed by atoms with Gasteiger partial charge in [-0.2, -0.15) is 0 Å². The van der Waals surface area contributed by atoms with Gasteiger partial charge >= 0.3 is 0 Å². The number of hydrogen-bond acceptors (Lipinski definition) is 13. The van der Waals surface area contributed by atoms with E-state index in [0.717, 1.165) is 66.2 Å². The number of imide groups is 1. The van der Waals surface area contributed by atoms with E-state index in [9.17, 15) is 24.0 Å². The molecule has 0 radical (unpaired) electrons. The summed E-state index contributed by atoms with van der Waals surface area (Å²) in [5, 5.41) is 5.84. The maximum Gasteiger partial charge on any atom is 0.264 e. The van der Waals surface area contributed by atoms with Crippen LogP contribution in [0.15, 0.2) is 96.7 Å². The van der Waals surface area contributed by atoms with Crippen molar-refractivity contribution < 1.29 is 42.9 Å². The third-order valence-corrected chi connectivity index (χ3v) is 12.3. The predicted molar refractivity (Wildman–Crippen MR) is 269 cm³/mol. The number of Topliss-reactive ketones (excluding diaryl/α,β-unsaturated/α-hetero) is 1. The summed E-state index contributed by atoms with van der Waals surface area (Å²) in [6.45, 7) is 18.5. The van der Waals surface area contributed by atoms with Gasteiger partial charge in [-0.25, -0.2) is 0 Å². The predicted octanol–water partition coefficient (Wildman–Crippen LogP) is 6.02. The zero-order valence-corrected chi connectivity index (χ0v) is 40.6. The van der Waals surface area contributed by atoms with Crippen molar-refractivity contribution in [3.8, 4) is 24.0 Å². The van der Waals surface area contributed by atoms with Gasteiger partial charge in [-0.15, -0.1) is 12.8 Å². The lowest BCUT2D eigenvalue weighted by Crippen LogP contribution is -2.51. The van der Waals surface area contributed by atoms with Gasteiger partial charge in [-0.3, -0.25) is 38.7 Å². The van der Waals surface area contributed by atoms with Gasteiger partial charge in [0.15, 0.2) is 5.78 Å².